The van der Waals surface area contributed by atoms with Crippen LogP contribution in [0.25, 0.3) is 38.8 Å². The van der Waals surface area contributed by atoms with Crippen LogP contribution < -0.4 is 14.5 Å². The molecule has 0 bridgehead atoms. The molecule has 9 heteroatoms. The molecule has 1 aliphatic rings. The number of fused-ring (bicyclic) bond motifs is 4. The monoisotopic (exact) mass is 978 g/mol. The van der Waals surface area contributed by atoms with E-state index in [1.165, 1.54) is 17.7 Å². The number of aromatic nitrogens is 2. The molecule has 0 saturated heterocycles. The number of alkyl halides is 3. The number of anilines is 4. The number of ether oxygens (including phenoxy) is 1. The number of hydrogen-bond donors (Lipinski definition) is 0. The Morgan fingerprint density at radius 1 is 0.583 bits per heavy atom. The van der Waals surface area contributed by atoms with E-state index in [1.807, 2.05) is 53.1 Å². The number of para-hydroxylation sites is 2. The summed E-state index contributed by atoms with van der Waals surface area (Å²) in [5.41, 5.74) is 8.56. The Balaban J connectivity index is 0.00000499. The molecule has 2 aromatic heterocycles. The molecule has 0 N–H and O–H groups in total. The van der Waals surface area contributed by atoms with Crippen LogP contribution in [0.2, 0.25) is 0 Å². The Morgan fingerprint density at radius 2 is 1.28 bits per heavy atom. The summed E-state index contributed by atoms with van der Waals surface area (Å²) in [6, 6.07) is 49.4. The van der Waals surface area contributed by atoms with E-state index in [-0.39, 0.29) is 31.9 Å². The van der Waals surface area contributed by atoms with Crippen LogP contribution in [0.3, 0.4) is 0 Å². The van der Waals surface area contributed by atoms with Crippen molar-refractivity contribution in [2.75, 3.05) is 9.80 Å². The van der Waals surface area contributed by atoms with E-state index < -0.39 is 11.7 Å². The summed E-state index contributed by atoms with van der Waals surface area (Å²) < 4.78 is 50.2. The van der Waals surface area contributed by atoms with Crippen LogP contribution in [-0.2, 0) is 38.1 Å². The topological polar surface area (TPSA) is 33.5 Å². The fraction of sp³-hybridized carbons (Fsp3) is 0.176. The van der Waals surface area contributed by atoms with Crippen molar-refractivity contribution in [1.82, 2.24) is 9.55 Å². The maximum atomic E-state index is 14.0. The molecule has 1 aliphatic heterocycles. The van der Waals surface area contributed by atoms with Gasteiger partial charge in [0, 0.05) is 61.3 Å². The Bertz CT molecular complexity index is 2870. The third-order valence-electron chi connectivity index (χ3n) is 10.9. The van der Waals surface area contributed by atoms with E-state index in [4.69, 9.17) is 4.74 Å². The number of hydrogen-bond acceptors (Lipinski definition) is 4. The SMILES string of the molecule is CC(C)(C)c1cc(-c2ccccc2)cc(N2[CH-]N(c3[c-]c(Oc4[c-]c5c(cc4)c4cc(C(F)(F)F)ccc4n5-c4cc(C(C)(C)C)ccn4)ccc3)c3ccccc32)c1.[Pt]. The second-order valence-corrected chi connectivity index (χ2v) is 17.0. The van der Waals surface area contributed by atoms with Gasteiger partial charge >= 0.3 is 6.18 Å². The standard InChI is InChI=1S/C51H42F3N4O.Pt/c1-49(2,3)35-23-24-55-48(29-35)58-44-22-19-36(51(52,53)54)28-43(44)42-21-20-41(31-47(42)58)59-40-16-12-15-38(30-40)56-32-57(46-18-11-10-17-45(46)56)39-26-34(33-13-8-7-9-14-33)25-37(27-39)50(4,5)6;/h7-29,32H,1-6H3;/q-3;. The summed E-state index contributed by atoms with van der Waals surface area (Å²) in [5, 5.41) is 1.05. The molecule has 9 rings (SSSR count). The Hall–Kier alpha value is -5.85. The average Bonchev–Trinajstić information content (AvgIpc) is 3.76. The molecule has 6 aromatic carbocycles. The van der Waals surface area contributed by atoms with E-state index in [0.717, 1.165) is 45.5 Å². The van der Waals surface area contributed by atoms with Crippen LogP contribution in [0.5, 0.6) is 11.5 Å². The predicted octanol–water partition coefficient (Wildman–Crippen LogP) is 14.3. The first-order valence-electron chi connectivity index (χ1n) is 19.6. The maximum absolute atomic E-state index is 14.0. The number of rotatable bonds is 6. The second kappa shape index (κ2) is 15.3. The molecule has 5 nitrogen and oxygen atoms in total. The van der Waals surface area contributed by atoms with Crippen LogP contribution in [-0.4, -0.2) is 9.55 Å². The van der Waals surface area contributed by atoms with Crippen molar-refractivity contribution in [2.45, 2.75) is 58.5 Å². The van der Waals surface area contributed by atoms with Gasteiger partial charge in [-0.05, 0) is 87.0 Å². The van der Waals surface area contributed by atoms with Crippen molar-refractivity contribution < 1.29 is 39.0 Å². The first-order chi connectivity index (χ1) is 28.1. The predicted molar refractivity (Wildman–Crippen MR) is 232 cm³/mol. The zero-order chi connectivity index (χ0) is 41.3. The van der Waals surface area contributed by atoms with E-state index in [2.05, 4.69) is 130 Å². The van der Waals surface area contributed by atoms with Crippen LogP contribution in [0.15, 0.2) is 140 Å². The molecule has 306 valence electrons. The average molecular weight is 979 g/mol. The molecular weight excluding hydrogens is 937 g/mol. The number of nitrogens with zero attached hydrogens (tertiary/aromatic N) is 4. The fourth-order valence-corrected chi connectivity index (χ4v) is 7.65. The summed E-state index contributed by atoms with van der Waals surface area (Å²) >= 11 is 0. The molecule has 8 aromatic rings. The van der Waals surface area contributed by atoms with Crippen molar-refractivity contribution >= 4 is 44.6 Å². The normalized spacial score (nSPS) is 13.2. The maximum Gasteiger partial charge on any atom is 0.416 e. The zero-order valence-corrected chi connectivity index (χ0v) is 36.3. The Morgan fingerprint density at radius 3 is 2.00 bits per heavy atom. The third-order valence-corrected chi connectivity index (χ3v) is 10.9. The van der Waals surface area contributed by atoms with Gasteiger partial charge in [0.1, 0.15) is 5.82 Å². The van der Waals surface area contributed by atoms with E-state index in [0.29, 0.717) is 39.1 Å². The molecule has 0 saturated carbocycles. The summed E-state index contributed by atoms with van der Waals surface area (Å²) in [7, 11) is 0. The summed E-state index contributed by atoms with van der Waals surface area (Å²) in [6.45, 7) is 15.1. The third kappa shape index (κ3) is 7.70. The minimum atomic E-state index is -4.49. The van der Waals surface area contributed by atoms with E-state index >= 15 is 0 Å². The molecule has 0 amide bonds. The molecule has 0 radical (unpaired) electrons. The number of pyridine rings is 1. The van der Waals surface area contributed by atoms with Gasteiger partial charge in [0.05, 0.1) is 5.56 Å². The van der Waals surface area contributed by atoms with Crippen LogP contribution in [0, 0.1) is 18.8 Å². The summed E-state index contributed by atoms with van der Waals surface area (Å²) in [4.78, 5) is 9.00. The van der Waals surface area contributed by atoms with Gasteiger partial charge in [-0.2, -0.15) is 25.3 Å². The van der Waals surface area contributed by atoms with Crippen molar-refractivity contribution in [3.05, 3.63) is 175 Å². The first-order valence-corrected chi connectivity index (χ1v) is 19.6. The van der Waals surface area contributed by atoms with Gasteiger partial charge in [0.15, 0.2) is 0 Å². The van der Waals surface area contributed by atoms with Crippen molar-refractivity contribution in [3.63, 3.8) is 0 Å². The smallest absolute Gasteiger partial charge is 0.416 e. The Kier molecular flexibility index (Phi) is 10.4. The van der Waals surface area contributed by atoms with E-state index in [1.54, 1.807) is 18.3 Å². The minimum absolute atomic E-state index is 0. The molecule has 0 fully saturated rings. The largest absolute Gasteiger partial charge is 0.509 e. The van der Waals surface area contributed by atoms with Crippen molar-refractivity contribution in [1.29, 1.82) is 0 Å². The van der Waals surface area contributed by atoms with Crippen molar-refractivity contribution in [3.8, 4) is 28.4 Å². The van der Waals surface area contributed by atoms with Gasteiger partial charge in [0.2, 0.25) is 0 Å². The fourth-order valence-electron chi connectivity index (χ4n) is 7.65. The van der Waals surface area contributed by atoms with Gasteiger partial charge in [0.25, 0.3) is 0 Å². The molecule has 0 unspecified atom stereocenters. The van der Waals surface area contributed by atoms with Crippen molar-refractivity contribution in [2.24, 2.45) is 0 Å². The Labute approximate surface area is 363 Å². The number of benzene rings is 6. The summed E-state index contributed by atoms with van der Waals surface area (Å²) in [5.74, 6) is 1.42. The zero-order valence-electron chi connectivity index (χ0n) is 34.0. The van der Waals surface area contributed by atoms with Crippen LogP contribution >= 0.6 is 0 Å². The molecule has 0 atom stereocenters. The van der Waals surface area contributed by atoms with E-state index in [9.17, 15) is 13.2 Å². The molecule has 0 aliphatic carbocycles. The summed E-state index contributed by atoms with van der Waals surface area (Å²) in [6.07, 6.45) is -2.76. The van der Waals surface area contributed by atoms with Crippen LogP contribution in [0.4, 0.5) is 35.9 Å². The van der Waals surface area contributed by atoms with Gasteiger partial charge < -0.3 is 19.1 Å². The quantitative estimate of drug-likeness (QED) is 0.156. The molecular formula is C51H42F3N4OPt-3. The van der Waals surface area contributed by atoms with Crippen LogP contribution in [0.1, 0.15) is 58.2 Å². The second-order valence-electron chi connectivity index (χ2n) is 17.0. The van der Waals surface area contributed by atoms with Gasteiger partial charge in [-0.15, -0.1) is 48.1 Å². The van der Waals surface area contributed by atoms with Gasteiger partial charge in [-0.25, -0.2) is 4.98 Å². The first kappa shape index (κ1) is 40.9. The molecule has 60 heavy (non-hydrogen) atoms. The van der Waals surface area contributed by atoms with Gasteiger partial charge in [-0.3, -0.25) is 0 Å². The number of halogens is 3. The molecule has 3 heterocycles. The molecule has 0 spiro atoms. The van der Waals surface area contributed by atoms with Gasteiger partial charge in [-0.1, -0.05) is 102 Å². The minimum Gasteiger partial charge on any atom is -0.509 e.